The van der Waals surface area contributed by atoms with E-state index < -0.39 is 12.1 Å². The van der Waals surface area contributed by atoms with E-state index in [-0.39, 0.29) is 5.91 Å². The number of esters is 1. The van der Waals surface area contributed by atoms with Gasteiger partial charge >= 0.3 is 5.97 Å². The largest absolute Gasteiger partial charge is 0.449 e. The predicted octanol–water partition coefficient (Wildman–Crippen LogP) is 3.62. The Bertz CT molecular complexity index is 962. The maximum Gasteiger partial charge on any atom is 0.338 e. The van der Waals surface area contributed by atoms with Crippen LogP contribution in [0.2, 0.25) is 0 Å². The number of nitrogens with zero attached hydrogens (tertiary/aromatic N) is 1. The zero-order valence-corrected chi connectivity index (χ0v) is 15.0. The van der Waals surface area contributed by atoms with Gasteiger partial charge in [-0.1, -0.05) is 25.1 Å². The van der Waals surface area contributed by atoms with E-state index in [4.69, 9.17) is 4.74 Å². The Labute approximate surface area is 151 Å². The van der Waals surface area contributed by atoms with Crippen LogP contribution in [0.3, 0.4) is 0 Å². The number of carbonyl (C=O) groups is 2. The van der Waals surface area contributed by atoms with Crippen LogP contribution in [0.4, 0.5) is 5.69 Å². The fourth-order valence-corrected chi connectivity index (χ4v) is 2.77. The number of fused-ring (bicyclic) bond motifs is 1. The van der Waals surface area contributed by atoms with Gasteiger partial charge < -0.3 is 15.0 Å². The minimum absolute atomic E-state index is 0.357. The van der Waals surface area contributed by atoms with Gasteiger partial charge in [0.25, 0.3) is 5.91 Å². The van der Waals surface area contributed by atoms with E-state index in [0.717, 1.165) is 34.3 Å². The first-order valence-corrected chi connectivity index (χ1v) is 8.53. The van der Waals surface area contributed by atoms with Crippen LogP contribution in [0.5, 0.6) is 0 Å². The first-order chi connectivity index (χ1) is 12.5. The summed E-state index contributed by atoms with van der Waals surface area (Å²) in [6, 6.07) is 10.9. The smallest absolute Gasteiger partial charge is 0.338 e. The highest BCUT2D eigenvalue weighted by Crippen LogP contribution is 2.21. The Morgan fingerprint density at radius 3 is 2.85 bits per heavy atom. The van der Waals surface area contributed by atoms with E-state index in [1.165, 1.54) is 0 Å². The number of amides is 1. The van der Waals surface area contributed by atoms with Crippen LogP contribution in [0.15, 0.2) is 42.7 Å². The molecule has 6 nitrogen and oxygen atoms in total. The van der Waals surface area contributed by atoms with E-state index in [2.05, 4.69) is 15.3 Å². The summed E-state index contributed by atoms with van der Waals surface area (Å²) in [5, 5.41) is 2.88. The molecule has 0 bridgehead atoms. The summed E-state index contributed by atoms with van der Waals surface area (Å²) in [6.45, 7) is 5.52. The predicted molar refractivity (Wildman–Crippen MR) is 100 cm³/mol. The van der Waals surface area contributed by atoms with Crippen LogP contribution in [0, 0.1) is 6.92 Å². The number of aryl methyl sites for hydroxylation is 2. The third-order valence-electron chi connectivity index (χ3n) is 4.30. The molecule has 1 unspecified atom stereocenters. The van der Waals surface area contributed by atoms with Crippen molar-refractivity contribution < 1.29 is 14.3 Å². The second-order valence-corrected chi connectivity index (χ2v) is 6.13. The SMILES string of the molecule is CCc1cccc(C)c1NC(=O)C(C)OC(=O)c1ccc2nc[nH]c2c1. The average molecular weight is 351 g/mol. The topological polar surface area (TPSA) is 84.1 Å². The van der Waals surface area contributed by atoms with Crippen molar-refractivity contribution in [2.45, 2.75) is 33.3 Å². The summed E-state index contributed by atoms with van der Waals surface area (Å²) in [5.74, 6) is -0.908. The number of aromatic nitrogens is 2. The van der Waals surface area contributed by atoms with Crippen LogP contribution < -0.4 is 5.32 Å². The Balaban J connectivity index is 1.70. The number of aromatic amines is 1. The van der Waals surface area contributed by atoms with Crippen molar-refractivity contribution in [2.75, 3.05) is 5.32 Å². The highest BCUT2D eigenvalue weighted by molar-refractivity contribution is 5.99. The van der Waals surface area contributed by atoms with Crippen molar-refractivity contribution in [1.82, 2.24) is 9.97 Å². The van der Waals surface area contributed by atoms with Gasteiger partial charge in [-0.25, -0.2) is 9.78 Å². The van der Waals surface area contributed by atoms with Crippen molar-refractivity contribution in [1.29, 1.82) is 0 Å². The maximum absolute atomic E-state index is 12.5. The lowest BCUT2D eigenvalue weighted by Gasteiger charge is -2.17. The normalized spacial score (nSPS) is 12.0. The lowest BCUT2D eigenvalue weighted by Crippen LogP contribution is -2.30. The molecule has 26 heavy (non-hydrogen) atoms. The molecule has 1 heterocycles. The third kappa shape index (κ3) is 3.59. The molecule has 0 saturated heterocycles. The molecule has 0 radical (unpaired) electrons. The molecule has 1 amide bonds. The second kappa shape index (κ2) is 7.39. The number of carbonyl (C=O) groups excluding carboxylic acids is 2. The summed E-state index contributed by atoms with van der Waals surface area (Å²) in [6.07, 6.45) is 1.45. The lowest BCUT2D eigenvalue weighted by molar-refractivity contribution is -0.123. The number of nitrogens with one attached hydrogen (secondary N) is 2. The maximum atomic E-state index is 12.5. The van der Waals surface area contributed by atoms with E-state index >= 15 is 0 Å². The quantitative estimate of drug-likeness (QED) is 0.688. The Morgan fingerprint density at radius 2 is 2.08 bits per heavy atom. The van der Waals surface area contributed by atoms with Crippen molar-refractivity contribution in [3.8, 4) is 0 Å². The number of hydrogen-bond acceptors (Lipinski definition) is 4. The molecular weight excluding hydrogens is 330 g/mol. The molecule has 3 rings (SSSR count). The summed E-state index contributed by atoms with van der Waals surface area (Å²) >= 11 is 0. The molecule has 1 aromatic heterocycles. The number of rotatable bonds is 5. The first-order valence-electron chi connectivity index (χ1n) is 8.53. The van der Waals surface area contributed by atoms with Crippen molar-refractivity contribution in [3.63, 3.8) is 0 Å². The van der Waals surface area contributed by atoms with Crippen molar-refractivity contribution >= 4 is 28.6 Å². The number of imidazole rings is 1. The Kier molecular flexibility index (Phi) is 5.02. The van der Waals surface area contributed by atoms with Crippen LogP contribution in [0.25, 0.3) is 11.0 Å². The highest BCUT2D eigenvalue weighted by atomic mass is 16.5. The number of H-pyrrole nitrogens is 1. The number of benzene rings is 2. The standard InChI is InChI=1S/C20H21N3O3/c1-4-14-7-5-6-12(2)18(14)23-19(24)13(3)26-20(25)15-8-9-16-17(10-15)22-11-21-16/h5-11,13H,4H2,1-3H3,(H,21,22)(H,23,24). The molecule has 0 aliphatic rings. The fourth-order valence-electron chi connectivity index (χ4n) is 2.77. The number of anilines is 1. The summed E-state index contributed by atoms with van der Waals surface area (Å²) < 4.78 is 5.32. The van der Waals surface area contributed by atoms with Crippen LogP contribution in [-0.4, -0.2) is 27.9 Å². The van der Waals surface area contributed by atoms with Gasteiger partial charge in [-0.15, -0.1) is 0 Å². The highest BCUT2D eigenvalue weighted by Gasteiger charge is 2.20. The summed E-state index contributed by atoms with van der Waals surface area (Å²) in [5.41, 5.74) is 4.67. The van der Waals surface area contributed by atoms with E-state index in [1.54, 1.807) is 31.5 Å². The van der Waals surface area contributed by atoms with Crippen molar-refractivity contribution in [3.05, 3.63) is 59.4 Å². The zero-order chi connectivity index (χ0) is 18.7. The summed E-state index contributed by atoms with van der Waals surface area (Å²) in [7, 11) is 0. The molecule has 2 aromatic carbocycles. The molecular formula is C20H21N3O3. The molecule has 0 aliphatic heterocycles. The molecule has 3 aromatic rings. The number of hydrogen-bond donors (Lipinski definition) is 2. The second-order valence-electron chi connectivity index (χ2n) is 6.13. The van der Waals surface area contributed by atoms with Crippen LogP contribution in [0.1, 0.15) is 35.3 Å². The van der Waals surface area contributed by atoms with Gasteiger partial charge in [-0.05, 0) is 49.6 Å². The number of para-hydroxylation sites is 1. The minimum atomic E-state index is -0.913. The molecule has 1 atom stereocenters. The van der Waals surface area contributed by atoms with Crippen LogP contribution in [-0.2, 0) is 16.0 Å². The molecule has 6 heteroatoms. The first kappa shape index (κ1) is 17.7. The van der Waals surface area contributed by atoms with E-state index in [0.29, 0.717) is 5.56 Å². The summed E-state index contributed by atoms with van der Waals surface area (Å²) in [4.78, 5) is 31.8. The third-order valence-corrected chi connectivity index (χ3v) is 4.30. The molecule has 0 aliphatic carbocycles. The van der Waals surface area contributed by atoms with Gasteiger partial charge in [-0.3, -0.25) is 4.79 Å². The van der Waals surface area contributed by atoms with Gasteiger partial charge in [0.1, 0.15) is 0 Å². The van der Waals surface area contributed by atoms with Gasteiger partial charge in [0, 0.05) is 5.69 Å². The Hall–Kier alpha value is -3.15. The molecule has 0 fully saturated rings. The van der Waals surface area contributed by atoms with Crippen LogP contribution >= 0.6 is 0 Å². The van der Waals surface area contributed by atoms with Gasteiger partial charge in [-0.2, -0.15) is 0 Å². The van der Waals surface area contributed by atoms with E-state index in [1.807, 2.05) is 32.0 Å². The lowest BCUT2D eigenvalue weighted by atomic mass is 10.1. The number of ether oxygens (including phenoxy) is 1. The molecule has 2 N–H and O–H groups in total. The fraction of sp³-hybridized carbons (Fsp3) is 0.250. The molecule has 134 valence electrons. The Morgan fingerprint density at radius 1 is 1.27 bits per heavy atom. The van der Waals surface area contributed by atoms with Crippen molar-refractivity contribution in [2.24, 2.45) is 0 Å². The molecule has 0 saturated carbocycles. The minimum Gasteiger partial charge on any atom is -0.449 e. The molecule has 0 spiro atoms. The van der Waals surface area contributed by atoms with Gasteiger partial charge in [0.15, 0.2) is 6.10 Å². The zero-order valence-electron chi connectivity index (χ0n) is 15.0. The van der Waals surface area contributed by atoms with Gasteiger partial charge in [0.2, 0.25) is 0 Å². The van der Waals surface area contributed by atoms with Gasteiger partial charge in [0.05, 0.1) is 22.9 Å². The average Bonchev–Trinajstić information content (AvgIpc) is 3.10. The monoisotopic (exact) mass is 351 g/mol. The van der Waals surface area contributed by atoms with E-state index in [9.17, 15) is 9.59 Å².